The lowest BCUT2D eigenvalue weighted by atomic mass is 10.3. The highest BCUT2D eigenvalue weighted by Gasteiger charge is 2.31. The standard InChI is InChI=1S/C15H13BrN2O5S2/c16-11-6-8-24-13(11)14(19)17-9-1-3-10(4-2-9)25(21,22)18-12-5-7-23-15(12)20/h1-4,6,8,12,18H,5,7H2,(H,17,19). The molecule has 0 saturated carbocycles. The molecule has 0 aliphatic carbocycles. The van der Waals surface area contributed by atoms with Crippen LogP contribution in [0.15, 0.2) is 45.1 Å². The fourth-order valence-electron chi connectivity index (χ4n) is 2.22. The maximum Gasteiger partial charge on any atom is 0.324 e. The second kappa shape index (κ2) is 7.24. The van der Waals surface area contributed by atoms with E-state index in [0.29, 0.717) is 21.5 Å². The topological polar surface area (TPSA) is 102 Å². The lowest BCUT2D eigenvalue weighted by Crippen LogP contribution is -2.37. The molecule has 2 aromatic rings. The summed E-state index contributed by atoms with van der Waals surface area (Å²) in [4.78, 5) is 24.1. The molecule has 10 heteroatoms. The van der Waals surface area contributed by atoms with E-state index >= 15 is 0 Å². The normalized spacial score (nSPS) is 17.3. The molecule has 2 heterocycles. The minimum atomic E-state index is -3.84. The third kappa shape index (κ3) is 4.09. The predicted octanol–water partition coefficient (Wildman–Crippen LogP) is 2.36. The summed E-state index contributed by atoms with van der Waals surface area (Å²) in [7, 11) is -3.84. The number of carbonyl (C=O) groups excluding carboxylic acids is 2. The van der Waals surface area contributed by atoms with Crippen molar-refractivity contribution in [3.8, 4) is 0 Å². The van der Waals surface area contributed by atoms with E-state index < -0.39 is 22.0 Å². The minimum Gasteiger partial charge on any atom is -0.464 e. The van der Waals surface area contributed by atoms with E-state index in [9.17, 15) is 18.0 Å². The number of hydrogen-bond donors (Lipinski definition) is 2. The Morgan fingerprint density at radius 3 is 2.52 bits per heavy atom. The predicted molar refractivity (Wildman–Crippen MR) is 96.1 cm³/mol. The number of ether oxygens (including phenoxy) is 1. The van der Waals surface area contributed by atoms with Crippen LogP contribution in [0.3, 0.4) is 0 Å². The number of cyclic esters (lactones) is 1. The van der Waals surface area contributed by atoms with Crippen LogP contribution in [-0.4, -0.2) is 32.9 Å². The first kappa shape index (κ1) is 18.1. The van der Waals surface area contributed by atoms with Crippen molar-refractivity contribution in [3.63, 3.8) is 0 Å². The molecular weight excluding hydrogens is 432 g/mol. The summed E-state index contributed by atoms with van der Waals surface area (Å²) in [6.45, 7) is 0.204. The summed E-state index contributed by atoms with van der Waals surface area (Å²) in [6, 6.07) is 6.61. The highest BCUT2D eigenvalue weighted by atomic mass is 79.9. The zero-order valence-electron chi connectivity index (χ0n) is 12.7. The number of anilines is 1. The van der Waals surface area contributed by atoms with E-state index in [1.54, 1.807) is 11.4 Å². The molecule has 25 heavy (non-hydrogen) atoms. The molecule has 1 aromatic heterocycles. The number of thiophene rings is 1. The largest absolute Gasteiger partial charge is 0.464 e. The van der Waals surface area contributed by atoms with Gasteiger partial charge in [0.2, 0.25) is 10.0 Å². The van der Waals surface area contributed by atoms with Gasteiger partial charge >= 0.3 is 5.97 Å². The second-order valence-corrected chi connectivity index (χ2v) is 8.69. The molecule has 0 spiro atoms. The fourth-order valence-corrected chi connectivity index (χ4v) is 4.88. The maximum absolute atomic E-state index is 12.3. The number of halogens is 1. The fraction of sp³-hybridized carbons (Fsp3) is 0.200. The third-order valence-electron chi connectivity index (χ3n) is 3.48. The van der Waals surface area contributed by atoms with Gasteiger partial charge in [-0.05, 0) is 51.6 Å². The van der Waals surface area contributed by atoms with Gasteiger partial charge in [-0.1, -0.05) is 0 Å². The number of hydrogen-bond acceptors (Lipinski definition) is 6. The molecule has 3 rings (SSSR count). The van der Waals surface area contributed by atoms with E-state index in [-0.39, 0.29) is 17.4 Å². The van der Waals surface area contributed by atoms with Crippen LogP contribution >= 0.6 is 27.3 Å². The van der Waals surface area contributed by atoms with Crippen LogP contribution in [0.1, 0.15) is 16.1 Å². The number of sulfonamides is 1. The van der Waals surface area contributed by atoms with Gasteiger partial charge in [0.25, 0.3) is 5.91 Å². The molecule has 1 amide bonds. The molecular formula is C15H13BrN2O5S2. The number of benzene rings is 1. The van der Waals surface area contributed by atoms with Crippen LogP contribution in [0.4, 0.5) is 5.69 Å². The van der Waals surface area contributed by atoms with Gasteiger partial charge in [-0.15, -0.1) is 11.3 Å². The summed E-state index contributed by atoms with van der Waals surface area (Å²) >= 11 is 4.58. The second-order valence-electron chi connectivity index (χ2n) is 5.21. The van der Waals surface area contributed by atoms with Crippen molar-refractivity contribution in [1.29, 1.82) is 0 Å². The van der Waals surface area contributed by atoms with Crippen molar-refractivity contribution in [3.05, 3.63) is 45.1 Å². The Labute approximate surface area is 156 Å². The lowest BCUT2D eigenvalue weighted by molar-refractivity contribution is -0.139. The Balaban J connectivity index is 1.70. The van der Waals surface area contributed by atoms with E-state index in [1.165, 1.54) is 35.6 Å². The van der Waals surface area contributed by atoms with Crippen molar-refractivity contribution in [2.24, 2.45) is 0 Å². The molecule has 1 unspecified atom stereocenters. The zero-order chi connectivity index (χ0) is 18.0. The zero-order valence-corrected chi connectivity index (χ0v) is 15.9. The summed E-state index contributed by atoms with van der Waals surface area (Å²) in [5, 5.41) is 4.48. The van der Waals surface area contributed by atoms with Crippen LogP contribution in [0.2, 0.25) is 0 Å². The van der Waals surface area contributed by atoms with Crippen molar-refractivity contribution >= 4 is 54.9 Å². The molecule has 1 fully saturated rings. The molecule has 2 N–H and O–H groups in total. The molecule has 0 radical (unpaired) electrons. The van der Waals surface area contributed by atoms with Gasteiger partial charge in [-0.25, -0.2) is 8.42 Å². The smallest absolute Gasteiger partial charge is 0.324 e. The summed E-state index contributed by atoms with van der Waals surface area (Å²) in [5.41, 5.74) is 0.463. The number of carbonyl (C=O) groups is 2. The molecule has 1 aliphatic rings. The van der Waals surface area contributed by atoms with E-state index in [0.717, 1.165) is 0 Å². The molecule has 1 aromatic carbocycles. The van der Waals surface area contributed by atoms with Gasteiger partial charge in [0.05, 0.1) is 11.5 Å². The minimum absolute atomic E-state index is 0.00232. The Bertz CT molecular complexity index is 908. The summed E-state index contributed by atoms with van der Waals surface area (Å²) in [5.74, 6) is -0.863. The molecule has 1 aliphatic heterocycles. The van der Waals surface area contributed by atoms with Gasteiger partial charge in [-0.2, -0.15) is 4.72 Å². The molecule has 1 saturated heterocycles. The van der Waals surface area contributed by atoms with Gasteiger partial charge in [0.1, 0.15) is 10.9 Å². The van der Waals surface area contributed by atoms with Gasteiger partial charge < -0.3 is 10.1 Å². The first-order chi connectivity index (χ1) is 11.9. The number of nitrogens with one attached hydrogen (secondary N) is 2. The van der Waals surface area contributed by atoms with E-state index in [2.05, 4.69) is 26.0 Å². The Morgan fingerprint density at radius 2 is 1.96 bits per heavy atom. The molecule has 132 valence electrons. The summed E-state index contributed by atoms with van der Waals surface area (Å²) in [6.07, 6.45) is 0.307. The first-order valence-corrected chi connectivity index (χ1v) is 10.4. The Hall–Kier alpha value is -1.75. The Kier molecular flexibility index (Phi) is 5.23. The number of esters is 1. The van der Waals surface area contributed by atoms with Crippen molar-refractivity contribution in [2.75, 3.05) is 11.9 Å². The first-order valence-electron chi connectivity index (χ1n) is 7.20. The monoisotopic (exact) mass is 444 g/mol. The van der Waals surface area contributed by atoms with Gasteiger partial charge in [0, 0.05) is 16.6 Å². The van der Waals surface area contributed by atoms with Gasteiger partial charge in [0.15, 0.2) is 0 Å². The van der Waals surface area contributed by atoms with Crippen LogP contribution < -0.4 is 10.0 Å². The van der Waals surface area contributed by atoms with E-state index in [1.807, 2.05) is 0 Å². The van der Waals surface area contributed by atoms with Crippen LogP contribution in [0.25, 0.3) is 0 Å². The molecule has 7 nitrogen and oxygen atoms in total. The molecule has 0 bridgehead atoms. The van der Waals surface area contributed by atoms with Crippen LogP contribution in [-0.2, 0) is 19.6 Å². The highest BCUT2D eigenvalue weighted by Crippen LogP contribution is 2.24. The average Bonchev–Trinajstić information content (AvgIpc) is 3.16. The van der Waals surface area contributed by atoms with Gasteiger partial charge in [-0.3, -0.25) is 9.59 Å². The molecule has 1 atom stereocenters. The van der Waals surface area contributed by atoms with Crippen LogP contribution in [0.5, 0.6) is 0 Å². The van der Waals surface area contributed by atoms with E-state index in [4.69, 9.17) is 4.74 Å². The number of rotatable bonds is 5. The Morgan fingerprint density at radius 1 is 1.24 bits per heavy atom. The summed E-state index contributed by atoms with van der Waals surface area (Å²) < 4.78 is 32.3. The highest BCUT2D eigenvalue weighted by molar-refractivity contribution is 9.10. The maximum atomic E-state index is 12.3. The van der Waals surface area contributed by atoms with Crippen molar-refractivity contribution < 1.29 is 22.7 Å². The third-order valence-corrected chi connectivity index (χ3v) is 6.80. The quantitative estimate of drug-likeness (QED) is 0.689. The van der Waals surface area contributed by atoms with Crippen molar-refractivity contribution in [2.45, 2.75) is 17.4 Å². The average molecular weight is 445 g/mol. The SMILES string of the molecule is O=C(Nc1ccc(S(=O)(=O)NC2CCOC2=O)cc1)c1sccc1Br. The lowest BCUT2D eigenvalue weighted by Gasteiger charge is -2.10. The number of amides is 1. The van der Waals surface area contributed by atoms with Crippen molar-refractivity contribution in [1.82, 2.24) is 4.72 Å². The van der Waals surface area contributed by atoms with Crippen LogP contribution in [0, 0.1) is 0 Å².